The summed E-state index contributed by atoms with van der Waals surface area (Å²) in [5, 5.41) is 15.1. The van der Waals surface area contributed by atoms with E-state index in [-0.39, 0.29) is 11.8 Å². The quantitative estimate of drug-likeness (QED) is 0.278. The molecule has 2 aromatic heterocycles. The molecule has 1 atom stereocenters. The van der Waals surface area contributed by atoms with E-state index in [1.54, 1.807) is 0 Å². The van der Waals surface area contributed by atoms with Crippen molar-refractivity contribution in [2.75, 3.05) is 31.1 Å². The molecule has 0 saturated carbocycles. The number of pyridine rings is 1. The normalized spacial score (nSPS) is 14.5. The van der Waals surface area contributed by atoms with E-state index in [0.29, 0.717) is 49.3 Å². The Morgan fingerprint density at radius 1 is 0.767 bits per heavy atom. The van der Waals surface area contributed by atoms with Gasteiger partial charge >= 0.3 is 0 Å². The van der Waals surface area contributed by atoms with Crippen molar-refractivity contribution < 1.29 is 14.7 Å². The van der Waals surface area contributed by atoms with Gasteiger partial charge in [0.2, 0.25) is 5.91 Å². The van der Waals surface area contributed by atoms with Gasteiger partial charge in [0.05, 0.1) is 18.0 Å². The van der Waals surface area contributed by atoms with Crippen molar-refractivity contribution in [2.24, 2.45) is 0 Å². The van der Waals surface area contributed by atoms with Gasteiger partial charge in [-0.1, -0.05) is 91.0 Å². The molecule has 1 aliphatic heterocycles. The van der Waals surface area contributed by atoms with Crippen LogP contribution in [0.15, 0.2) is 121 Å². The maximum Gasteiger partial charge on any atom is 0.253 e. The van der Waals surface area contributed by atoms with Gasteiger partial charge in [-0.05, 0) is 47.9 Å². The molecule has 0 radical (unpaired) electrons. The summed E-state index contributed by atoms with van der Waals surface area (Å²) >= 11 is 0. The Morgan fingerprint density at radius 3 is 1.93 bits per heavy atom. The second-order valence-electron chi connectivity index (χ2n) is 11.1. The highest BCUT2D eigenvalue weighted by molar-refractivity contribution is 5.94. The number of rotatable bonds is 8. The average Bonchev–Trinajstić information content (AvgIpc) is 3.49. The van der Waals surface area contributed by atoms with Gasteiger partial charge in [-0.2, -0.15) is 0 Å². The number of nitrogens with one attached hydrogen (secondary N) is 1. The Balaban J connectivity index is 1.17. The maximum atomic E-state index is 13.6. The van der Waals surface area contributed by atoms with Gasteiger partial charge in [-0.3, -0.25) is 9.59 Å². The van der Waals surface area contributed by atoms with Crippen molar-refractivity contribution in [3.05, 3.63) is 144 Å². The number of piperazine rings is 1. The fourth-order valence-corrected chi connectivity index (χ4v) is 5.98. The lowest BCUT2D eigenvalue weighted by Crippen LogP contribution is -2.50. The Hall–Kier alpha value is -4.88. The number of amides is 2. The molecule has 1 aliphatic rings. The van der Waals surface area contributed by atoms with E-state index in [1.165, 1.54) is 0 Å². The Labute approximate surface area is 252 Å². The molecule has 1 unspecified atom stereocenters. The monoisotopic (exact) mass is 572 g/mol. The third-order valence-electron chi connectivity index (χ3n) is 8.45. The van der Waals surface area contributed by atoms with Gasteiger partial charge < -0.3 is 24.6 Å². The Kier molecular flexibility index (Phi) is 7.99. The lowest BCUT2D eigenvalue weighted by atomic mass is 9.80. The highest BCUT2D eigenvalue weighted by Gasteiger charge is 2.38. The third-order valence-corrected chi connectivity index (χ3v) is 8.45. The summed E-state index contributed by atoms with van der Waals surface area (Å²) in [6, 6.07) is 35.9. The average molecular weight is 573 g/mol. The van der Waals surface area contributed by atoms with E-state index in [2.05, 4.69) is 16.3 Å². The van der Waals surface area contributed by atoms with E-state index in [0.717, 1.165) is 16.9 Å². The van der Waals surface area contributed by atoms with Crippen LogP contribution in [0, 0.1) is 0 Å². The van der Waals surface area contributed by atoms with Crippen LogP contribution in [0.25, 0.3) is 5.52 Å². The van der Waals surface area contributed by atoms with Crippen molar-refractivity contribution in [3.8, 4) is 0 Å². The molecule has 3 heterocycles. The minimum atomic E-state index is -1.42. The van der Waals surface area contributed by atoms with Crippen LogP contribution in [-0.4, -0.2) is 58.4 Å². The minimum Gasteiger partial charge on any atom is -0.378 e. The first-order valence-corrected chi connectivity index (χ1v) is 14.8. The number of benzene rings is 3. The number of carbonyl (C=O) groups excluding carboxylic acids is 2. The lowest BCUT2D eigenvalue weighted by molar-refractivity contribution is -0.130. The second kappa shape index (κ2) is 12.2. The van der Waals surface area contributed by atoms with Crippen molar-refractivity contribution in [3.63, 3.8) is 0 Å². The summed E-state index contributed by atoms with van der Waals surface area (Å²) in [4.78, 5) is 30.7. The van der Waals surface area contributed by atoms with Crippen LogP contribution in [0.5, 0.6) is 0 Å². The zero-order valence-corrected chi connectivity index (χ0v) is 24.3. The van der Waals surface area contributed by atoms with Crippen LogP contribution in [-0.2, 0) is 16.8 Å². The smallest absolute Gasteiger partial charge is 0.253 e. The molecular weight excluding hydrogens is 536 g/mol. The zero-order chi connectivity index (χ0) is 29.8. The van der Waals surface area contributed by atoms with Crippen LogP contribution >= 0.6 is 0 Å². The van der Waals surface area contributed by atoms with Crippen LogP contribution in [0.2, 0.25) is 0 Å². The molecule has 43 heavy (non-hydrogen) atoms. The molecule has 7 nitrogen and oxygen atoms in total. The van der Waals surface area contributed by atoms with Gasteiger partial charge in [-0.25, -0.2) is 0 Å². The molecule has 3 aromatic carbocycles. The standard InChI is InChI=1S/C36H36N4O3/c1-27(36(43,30-13-7-3-8-14-30)31-15-9-4-10-16-31)37-35(42)29-17-18-32-19-20-33(40(32)26-29)38-21-23-39(24-22-38)34(41)25-28-11-5-2-6-12-28/h2-20,26-27,43H,21-25H2,1H3,(H,37,42). The lowest BCUT2D eigenvalue weighted by Gasteiger charge is -2.36. The van der Waals surface area contributed by atoms with Crippen molar-refractivity contribution in [2.45, 2.75) is 25.0 Å². The molecule has 0 bridgehead atoms. The van der Waals surface area contributed by atoms with E-state index in [1.807, 2.05) is 132 Å². The minimum absolute atomic E-state index is 0.143. The summed E-state index contributed by atoms with van der Waals surface area (Å²) in [5.74, 6) is 0.860. The van der Waals surface area contributed by atoms with Crippen LogP contribution in [0.1, 0.15) is 34.0 Å². The highest BCUT2D eigenvalue weighted by Crippen LogP contribution is 2.33. The molecule has 218 valence electrons. The first kappa shape index (κ1) is 28.2. The number of carbonyl (C=O) groups is 2. The van der Waals surface area contributed by atoms with Crippen molar-refractivity contribution in [1.29, 1.82) is 0 Å². The number of aliphatic hydroxyl groups is 1. The summed E-state index contributed by atoms with van der Waals surface area (Å²) in [5.41, 5.74) is 2.50. The van der Waals surface area contributed by atoms with Crippen molar-refractivity contribution >= 4 is 23.1 Å². The summed E-state index contributed by atoms with van der Waals surface area (Å²) in [7, 11) is 0. The molecule has 1 fully saturated rings. The molecule has 6 rings (SSSR count). The largest absolute Gasteiger partial charge is 0.378 e. The first-order chi connectivity index (χ1) is 20.9. The second-order valence-corrected chi connectivity index (χ2v) is 11.1. The van der Waals surface area contributed by atoms with Crippen molar-refractivity contribution in [1.82, 2.24) is 14.6 Å². The van der Waals surface area contributed by atoms with Crippen LogP contribution in [0.3, 0.4) is 0 Å². The van der Waals surface area contributed by atoms with E-state index in [9.17, 15) is 14.7 Å². The highest BCUT2D eigenvalue weighted by atomic mass is 16.3. The number of fused-ring (bicyclic) bond motifs is 1. The van der Waals surface area contributed by atoms with E-state index in [4.69, 9.17) is 0 Å². The van der Waals surface area contributed by atoms with E-state index < -0.39 is 11.6 Å². The summed E-state index contributed by atoms with van der Waals surface area (Å²) in [6.45, 7) is 4.54. The predicted octanol–water partition coefficient (Wildman–Crippen LogP) is 4.89. The third kappa shape index (κ3) is 5.76. The Morgan fingerprint density at radius 2 is 1.33 bits per heavy atom. The first-order valence-electron chi connectivity index (χ1n) is 14.8. The number of hydrogen-bond donors (Lipinski definition) is 2. The number of aromatic nitrogens is 1. The Bertz CT molecular complexity index is 1650. The summed E-state index contributed by atoms with van der Waals surface area (Å²) in [6.07, 6.45) is 2.26. The van der Waals surface area contributed by atoms with Gasteiger partial charge in [-0.15, -0.1) is 0 Å². The summed E-state index contributed by atoms with van der Waals surface area (Å²) < 4.78 is 2.03. The fraction of sp³-hybridized carbons (Fsp3) is 0.222. The topological polar surface area (TPSA) is 77.3 Å². The van der Waals surface area contributed by atoms with Crippen LogP contribution < -0.4 is 10.2 Å². The number of nitrogens with zero attached hydrogens (tertiary/aromatic N) is 3. The molecule has 0 aliphatic carbocycles. The maximum absolute atomic E-state index is 13.6. The fourth-order valence-electron chi connectivity index (χ4n) is 5.98. The van der Waals surface area contributed by atoms with Gasteiger partial charge in [0, 0.05) is 37.9 Å². The van der Waals surface area contributed by atoms with Gasteiger partial charge in [0.25, 0.3) is 5.91 Å². The van der Waals surface area contributed by atoms with Gasteiger partial charge in [0.15, 0.2) is 0 Å². The number of anilines is 1. The molecule has 7 heteroatoms. The predicted molar refractivity (Wildman–Crippen MR) is 169 cm³/mol. The molecule has 5 aromatic rings. The number of hydrogen-bond acceptors (Lipinski definition) is 4. The molecular formula is C36H36N4O3. The van der Waals surface area contributed by atoms with Gasteiger partial charge in [0.1, 0.15) is 11.4 Å². The molecule has 0 spiro atoms. The zero-order valence-electron chi connectivity index (χ0n) is 24.3. The molecule has 2 N–H and O–H groups in total. The van der Waals surface area contributed by atoms with E-state index >= 15 is 0 Å². The molecule has 1 saturated heterocycles. The van der Waals surface area contributed by atoms with Crippen LogP contribution in [0.4, 0.5) is 5.82 Å². The molecule has 2 amide bonds. The SMILES string of the molecule is CC(NC(=O)c1ccc2ccc(N3CCN(C(=O)Cc4ccccc4)CC3)n2c1)C(O)(c1ccccc1)c1ccccc1.